The second-order valence-electron chi connectivity index (χ2n) is 1.65. The Bertz CT molecular complexity index is 188. The van der Waals surface area contributed by atoms with Crippen LogP contribution in [0.2, 0.25) is 5.02 Å². The summed E-state index contributed by atoms with van der Waals surface area (Å²) in [7, 11) is 0. The molecule has 2 nitrogen and oxygen atoms in total. The summed E-state index contributed by atoms with van der Waals surface area (Å²) in [6.45, 7) is 0. The van der Waals surface area contributed by atoms with Gasteiger partial charge in [0.05, 0.1) is 0 Å². The van der Waals surface area contributed by atoms with Gasteiger partial charge in [0, 0.05) is 10.7 Å². The van der Waals surface area contributed by atoms with E-state index in [1.165, 1.54) is 0 Å². The molecule has 0 aromatic heterocycles. The van der Waals surface area contributed by atoms with Crippen molar-refractivity contribution < 1.29 is 0 Å². The van der Waals surface area contributed by atoms with Crippen molar-refractivity contribution in [1.29, 1.82) is 0 Å². The summed E-state index contributed by atoms with van der Waals surface area (Å²) in [6.07, 6.45) is 0. The molecule has 0 heterocycles. The lowest BCUT2D eigenvalue weighted by atomic mass is 10.3. The monoisotopic (exact) mass is 236 g/mol. The van der Waals surface area contributed by atoms with Gasteiger partial charge >= 0.3 is 0 Å². The fraction of sp³-hybridized carbons (Fsp3) is 0.143. The zero-order chi connectivity index (χ0) is 8.69. The van der Waals surface area contributed by atoms with Gasteiger partial charge < -0.3 is 5.43 Å². The van der Waals surface area contributed by atoms with E-state index in [0.717, 1.165) is 5.69 Å². The van der Waals surface area contributed by atoms with Crippen LogP contribution in [0.15, 0.2) is 24.3 Å². The van der Waals surface area contributed by atoms with Crippen LogP contribution in [0.25, 0.3) is 0 Å². The Morgan fingerprint density at radius 1 is 1.27 bits per heavy atom. The van der Waals surface area contributed by atoms with Crippen LogP contribution < -0.4 is 11.3 Å². The molecule has 0 unspecified atom stereocenters. The lowest BCUT2D eigenvalue weighted by molar-refractivity contribution is 1.35. The minimum absolute atomic E-state index is 0.717. The first kappa shape index (κ1) is 10.8. The van der Waals surface area contributed by atoms with E-state index in [0.29, 0.717) is 5.02 Å². The summed E-state index contributed by atoms with van der Waals surface area (Å²) >= 11 is 8.54. The number of nitrogens with two attached hydrogens (primary N) is 1. The summed E-state index contributed by atoms with van der Waals surface area (Å²) in [5.74, 6) is 6.92. The number of halogens is 2. The number of rotatable bonds is 1. The minimum Gasteiger partial charge on any atom is -0.324 e. The zero-order valence-corrected chi connectivity index (χ0v) is 8.48. The normalized spacial score (nSPS) is 8.00. The molecule has 1 aromatic carbocycles. The second-order valence-corrected chi connectivity index (χ2v) is 2.09. The van der Waals surface area contributed by atoms with Gasteiger partial charge in [0.15, 0.2) is 0 Å². The van der Waals surface area contributed by atoms with Crippen molar-refractivity contribution >= 4 is 33.2 Å². The standard InChI is InChI=1S/C6H7ClN2.CH3Br/c7-5-1-3-6(9-8)4-2-5;1-2/h1-4,9H,8H2;1H3. The van der Waals surface area contributed by atoms with Gasteiger partial charge in [-0.15, -0.1) is 0 Å². The highest BCUT2D eigenvalue weighted by Gasteiger charge is 1.85. The summed E-state index contributed by atoms with van der Waals surface area (Å²) < 4.78 is 0. The third-order valence-electron chi connectivity index (χ3n) is 1.01. The highest BCUT2D eigenvalue weighted by molar-refractivity contribution is 9.08. The minimum atomic E-state index is 0.717. The Balaban J connectivity index is 0.000000461. The largest absolute Gasteiger partial charge is 0.324 e. The lowest BCUT2D eigenvalue weighted by Crippen LogP contribution is -2.05. The van der Waals surface area contributed by atoms with E-state index in [-0.39, 0.29) is 0 Å². The van der Waals surface area contributed by atoms with Crippen LogP contribution in [-0.4, -0.2) is 5.83 Å². The van der Waals surface area contributed by atoms with Crippen LogP contribution in [0.4, 0.5) is 5.69 Å². The van der Waals surface area contributed by atoms with E-state index in [2.05, 4.69) is 21.4 Å². The number of benzene rings is 1. The average Bonchev–Trinajstić information content (AvgIpc) is 2.10. The van der Waals surface area contributed by atoms with E-state index >= 15 is 0 Å². The quantitative estimate of drug-likeness (QED) is 0.448. The van der Waals surface area contributed by atoms with Gasteiger partial charge in [-0.1, -0.05) is 27.5 Å². The molecular formula is C7H10BrClN2. The molecule has 0 bridgehead atoms. The number of hydrazine groups is 1. The Morgan fingerprint density at radius 2 is 1.73 bits per heavy atom. The molecule has 0 aliphatic carbocycles. The molecule has 0 aliphatic rings. The Morgan fingerprint density at radius 3 is 2.09 bits per heavy atom. The van der Waals surface area contributed by atoms with Crippen LogP contribution in [-0.2, 0) is 0 Å². The van der Waals surface area contributed by atoms with Crippen molar-refractivity contribution in [2.45, 2.75) is 0 Å². The van der Waals surface area contributed by atoms with Crippen molar-refractivity contribution in [1.82, 2.24) is 0 Å². The zero-order valence-electron chi connectivity index (χ0n) is 6.14. The van der Waals surface area contributed by atoms with Gasteiger partial charge in [-0.25, -0.2) is 0 Å². The molecule has 0 radical (unpaired) electrons. The molecule has 62 valence electrons. The Kier molecular flexibility index (Phi) is 6.31. The van der Waals surface area contributed by atoms with Crippen LogP contribution in [0.3, 0.4) is 0 Å². The van der Waals surface area contributed by atoms with Crippen LogP contribution >= 0.6 is 27.5 Å². The molecule has 0 atom stereocenters. The van der Waals surface area contributed by atoms with Crippen LogP contribution in [0.1, 0.15) is 0 Å². The molecule has 11 heavy (non-hydrogen) atoms. The van der Waals surface area contributed by atoms with E-state index in [1.54, 1.807) is 12.1 Å². The maximum Gasteiger partial charge on any atom is 0.0486 e. The topological polar surface area (TPSA) is 38.0 Å². The maximum atomic E-state index is 5.60. The third kappa shape index (κ3) is 4.24. The van der Waals surface area contributed by atoms with Gasteiger partial charge in [-0.2, -0.15) is 0 Å². The first-order valence-electron chi connectivity index (χ1n) is 2.93. The smallest absolute Gasteiger partial charge is 0.0486 e. The third-order valence-corrected chi connectivity index (χ3v) is 1.26. The molecule has 0 saturated heterocycles. The summed E-state index contributed by atoms with van der Waals surface area (Å²) in [5.41, 5.74) is 3.36. The van der Waals surface area contributed by atoms with E-state index in [9.17, 15) is 0 Å². The predicted octanol–water partition coefficient (Wildman–Crippen LogP) is 2.64. The van der Waals surface area contributed by atoms with E-state index in [1.807, 2.05) is 18.0 Å². The molecule has 3 N–H and O–H groups in total. The molecule has 0 spiro atoms. The molecule has 4 heteroatoms. The van der Waals surface area contributed by atoms with Crippen molar-refractivity contribution in [2.75, 3.05) is 11.3 Å². The second kappa shape index (κ2) is 6.46. The van der Waals surface area contributed by atoms with Gasteiger partial charge in [-0.3, -0.25) is 5.84 Å². The Hall–Kier alpha value is -0.250. The Labute approximate surface area is 79.8 Å². The average molecular weight is 238 g/mol. The number of anilines is 1. The highest BCUT2D eigenvalue weighted by Crippen LogP contribution is 2.11. The molecule has 1 aromatic rings. The number of hydrogen-bond acceptors (Lipinski definition) is 2. The first-order chi connectivity index (χ1) is 5.33. The number of nitrogens with one attached hydrogen (secondary N) is 1. The molecule has 0 fully saturated rings. The first-order valence-corrected chi connectivity index (χ1v) is 4.89. The SMILES string of the molecule is CBr.NNc1ccc(Cl)cc1. The summed E-state index contributed by atoms with van der Waals surface area (Å²) in [6, 6.07) is 7.16. The van der Waals surface area contributed by atoms with Gasteiger partial charge in [-0.05, 0) is 30.1 Å². The number of hydrogen-bond donors (Lipinski definition) is 2. The maximum absolute atomic E-state index is 5.60. The summed E-state index contributed by atoms with van der Waals surface area (Å²) in [4.78, 5) is 0. The van der Waals surface area contributed by atoms with Gasteiger partial charge in [0.25, 0.3) is 0 Å². The van der Waals surface area contributed by atoms with Gasteiger partial charge in [0.2, 0.25) is 0 Å². The van der Waals surface area contributed by atoms with E-state index in [4.69, 9.17) is 17.4 Å². The number of nitrogen functional groups attached to an aromatic ring is 1. The lowest BCUT2D eigenvalue weighted by Gasteiger charge is -1.96. The predicted molar refractivity (Wildman–Crippen MR) is 54.1 cm³/mol. The van der Waals surface area contributed by atoms with Crippen LogP contribution in [0.5, 0.6) is 0 Å². The molecule has 0 amide bonds. The summed E-state index contributed by atoms with van der Waals surface area (Å²) in [5, 5.41) is 0.717. The molecule has 0 aliphatic heterocycles. The molecule has 0 saturated carbocycles. The van der Waals surface area contributed by atoms with Crippen LogP contribution in [0, 0.1) is 0 Å². The van der Waals surface area contributed by atoms with Crippen molar-refractivity contribution in [3.63, 3.8) is 0 Å². The number of alkyl halides is 1. The van der Waals surface area contributed by atoms with E-state index < -0.39 is 0 Å². The highest BCUT2D eigenvalue weighted by atomic mass is 79.9. The van der Waals surface area contributed by atoms with Gasteiger partial charge in [0.1, 0.15) is 0 Å². The van der Waals surface area contributed by atoms with Crippen molar-refractivity contribution in [3.8, 4) is 0 Å². The molecule has 1 rings (SSSR count). The van der Waals surface area contributed by atoms with Crippen molar-refractivity contribution in [3.05, 3.63) is 29.3 Å². The fourth-order valence-corrected chi connectivity index (χ4v) is 0.672. The molecular weight excluding hydrogens is 227 g/mol. The fourth-order valence-electron chi connectivity index (χ4n) is 0.546. The van der Waals surface area contributed by atoms with Crippen molar-refractivity contribution in [2.24, 2.45) is 5.84 Å².